The van der Waals surface area contributed by atoms with E-state index in [-0.39, 0.29) is 30.8 Å². The van der Waals surface area contributed by atoms with Crippen LogP contribution in [-0.4, -0.2) is 58.0 Å². The third-order valence-electron chi connectivity index (χ3n) is 4.86. The molecule has 0 unspecified atom stereocenters. The molecule has 1 aliphatic heterocycles. The lowest BCUT2D eigenvalue weighted by Crippen LogP contribution is -2.38. The van der Waals surface area contributed by atoms with Crippen LogP contribution in [0, 0.1) is 5.92 Å². The van der Waals surface area contributed by atoms with Gasteiger partial charge < -0.3 is 20.6 Å². The number of nitrogens with one attached hydrogen (secondary N) is 2. The van der Waals surface area contributed by atoms with Crippen molar-refractivity contribution in [1.82, 2.24) is 25.3 Å². The highest BCUT2D eigenvalue weighted by atomic mass is 16.3. The summed E-state index contributed by atoms with van der Waals surface area (Å²) in [6, 6.07) is 7.70. The molecule has 1 saturated heterocycles. The van der Waals surface area contributed by atoms with Crippen molar-refractivity contribution in [3.63, 3.8) is 0 Å². The van der Waals surface area contributed by atoms with Gasteiger partial charge in [0.05, 0.1) is 12.3 Å². The standard InChI is InChI=1S/C19H25N5O3/c1-20-18(26)7-15-11-24(12-17(15)25)19(27)21-8-13-3-5-14(6-4-13)16-9-22-23(2)10-16/h3-6,9-10,15,17,25H,7-8,11-12H2,1-2H3,(H,20,26)(H,21,27)/t15-,17-/m1/s1. The predicted octanol–water partition coefficient (Wildman–Crippen LogP) is 0.725. The number of β-amino-alcohol motifs (C(OH)–C–C–N with tert-alkyl or cyclic N) is 1. The molecule has 1 aromatic heterocycles. The van der Waals surface area contributed by atoms with Crippen molar-refractivity contribution in [1.29, 1.82) is 0 Å². The van der Waals surface area contributed by atoms with Crippen LogP contribution in [0.3, 0.4) is 0 Å². The Labute approximate surface area is 158 Å². The number of hydrogen-bond acceptors (Lipinski definition) is 4. The maximum absolute atomic E-state index is 12.3. The number of carbonyl (C=O) groups excluding carboxylic acids is 2. The van der Waals surface area contributed by atoms with Crippen LogP contribution in [0.25, 0.3) is 11.1 Å². The summed E-state index contributed by atoms with van der Waals surface area (Å²) in [6.45, 7) is 1.02. The average molecular weight is 371 g/mol. The molecule has 3 rings (SSSR count). The first kappa shape index (κ1) is 18.9. The number of amides is 3. The monoisotopic (exact) mass is 371 g/mol. The Bertz CT molecular complexity index is 802. The zero-order chi connectivity index (χ0) is 19.4. The third kappa shape index (κ3) is 4.65. The minimum Gasteiger partial charge on any atom is -0.391 e. The van der Waals surface area contributed by atoms with Gasteiger partial charge >= 0.3 is 6.03 Å². The molecule has 0 aliphatic carbocycles. The molecular formula is C19H25N5O3. The summed E-state index contributed by atoms with van der Waals surface area (Å²) < 4.78 is 1.76. The van der Waals surface area contributed by atoms with Crippen LogP contribution in [0.15, 0.2) is 36.7 Å². The Morgan fingerprint density at radius 3 is 2.59 bits per heavy atom. The average Bonchev–Trinajstić information content (AvgIpc) is 3.26. The number of rotatable bonds is 5. The van der Waals surface area contributed by atoms with E-state index in [2.05, 4.69) is 15.7 Å². The number of aliphatic hydroxyl groups excluding tert-OH is 1. The van der Waals surface area contributed by atoms with Gasteiger partial charge in [0.2, 0.25) is 5.91 Å². The zero-order valence-corrected chi connectivity index (χ0v) is 15.6. The number of nitrogens with zero attached hydrogens (tertiary/aromatic N) is 3. The first-order valence-electron chi connectivity index (χ1n) is 8.95. The molecule has 1 fully saturated rings. The smallest absolute Gasteiger partial charge is 0.317 e. The van der Waals surface area contributed by atoms with Gasteiger partial charge in [-0.1, -0.05) is 24.3 Å². The van der Waals surface area contributed by atoms with Gasteiger partial charge in [-0.15, -0.1) is 0 Å². The summed E-state index contributed by atoms with van der Waals surface area (Å²) in [5.74, 6) is -0.357. The lowest BCUT2D eigenvalue weighted by atomic mass is 10.0. The molecule has 0 radical (unpaired) electrons. The highest BCUT2D eigenvalue weighted by Crippen LogP contribution is 2.21. The Hall–Kier alpha value is -2.87. The van der Waals surface area contributed by atoms with Crippen molar-refractivity contribution in [3.05, 3.63) is 42.2 Å². The minimum atomic E-state index is -0.674. The Balaban J connectivity index is 1.51. The molecule has 3 amide bonds. The van der Waals surface area contributed by atoms with Crippen LogP contribution < -0.4 is 10.6 Å². The fourth-order valence-corrected chi connectivity index (χ4v) is 3.24. The summed E-state index contributed by atoms with van der Waals surface area (Å²) in [4.78, 5) is 25.4. The molecule has 2 heterocycles. The van der Waals surface area contributed by atoms with E-state index < -0.39 is 6.10 Å². The van der Waals surface area contributed by atoms with Gasteiger partial charge in [-0.05, 0) is 11.1 Å². The molecular weight excluding hydrogens is 346 g/mol. The molecule has 2 atom stereocenters. The summed E-state index contributed by atoms with van der Waals surface area (Å²) in [5.41, 5.74) is 3.09. The molecule has 0 spiro atoms. The second-order valence-electron chi connectivity index (χ2n) is 6.87. The van der Waals surface area contributed by atoms with Crippen molar-refractivity contribution >= 4 is 11.9 Å². The Morgan fingerprint density at radius 1 is 1.22 bits per heavy atom. The quantitative estimate of drug-likeness (QED) is 0.721. The topological polar surface area (TPSA) is 99.5 Å². The lowest BCUT2D eigenvalue weighted by molar-refractivity contribution is -0.122. The number of aryl methyl sites for hydroxylation is 1. The van der Waals surface area contributed by atoms with Crippen molar-refractivity contribution < 1.29 is 14.7 Å². The number of carbonyl (C=O) groups is 2. The van der Waals surface area contributed by atoms with E-state index in [9.17, 15) is 14.7 Å². The summed E-state index contributed by atoms with van der Waals surface area (Å²) in [5, 5.41) is 19.7. The van der Waals surface area contributed by atoms with Crippen LogP contribution in [0.2, 0.25) is 0 Å². The first-order chi connectivity index (χ1) is 13.0. The van der Waals surface area contributed by atoms with Crippen LogP contribution >= 0.6 is 0 Å². The summed E-state index contributed by atoms with van der Waals surface area (Å²) in [7, 11) is 3.44. The van der Waals surface area contributed by atoms with Gasteiger partial charge in [0.15, 0.2) is 0 Å². The number of likely N-dealkylation sites (tertiary alicyclic amines) is 1. The number of hydrogen-bond donors (Lipinski definition) is 3. The maximum atomic E-state index is 12.3. The van der Waals surface area contributed by atoms with Gasteiger partial charge in [-0.2, -0.15) is 5.10 Å². The van der Waals surface area contributed by atoms with E-state index in [0.717, 1.165) is 16.7 Å². The number of urea groups is 1. The molecule has 0 bridgehead atoms. The minimum absolute atomic E-state index is 0.130. The maximum Gasteiger partial charge on any atom is 0.317 e. The number of benzene rings is 1. The van der Waals surface area contributed by atoms with E-state index in [1.165, 1.54) is 0 Å². The molecule has 144 valence electrons. The molecule has 3 N–H and O–H groups in total. The summed E-state index contributed by atoms with van der Waals surface area (Å²) >= 11 is 0. The highest BCUT2D eigenvalue weighted by Gasteiger charge is 2.34. The predicted molar refractivity (Wildman–Crippen MR) is 101 cm³/mol. The zero-order valence-electron chi connectivity index (χ0n) is 15.6. The largest absolute Gasteiger partial charge is 0.391 e. The fourth-order valence-electron chi connectivity index (χ4n) is 3.24. The third-order valence-corrected chi connectivity index (χ3v) is 4.86. The van der Waals surface area contributed by atoms with E-state index in [4.69, 9.17) is 0 Å². The van der Waals surface area contributed by atoms with Crippen LogP contribution in [0.5, 0.6) is 0 Å². The molecule has 1 aliphatic rings. The molecule has 0 saturated carbocycles. The normalized spacial score (nSPS) is 19.1. The number of aliphatic hydroxyl groups is 1. The van der Waals surface area contributed by atoms with Gasteiger partial charge in [-0.3, -0.25) is 9.48 Å². The van der Waals surface area contributed by atoms with Crippen LogP contribution in [0.1, 0.15) is 12.0 Å². The van der Waals surface area contributed by atoms with Gasteiger partial charge in [-0.25, -0.2) is 4.79 Å². The summed E-state index contributed by atoms with van der Waals surface area (Å²) in [6.07, 6.45) is 3.30. The highest BCUT2D eigenvalue weighted by molar-refractivity contribution is 5.77. The number of aromatic nitrogens is 2. The fraction of sp³-hybridized carbons (Fsp3) is 0.421. The Kier molecular flexibility index (Phi) is 5.75. The van der Waals surface area contributed by atoms with Crippen LogP contribution in [0.4, 0.5) is 4.79 Å². The van der Waals surface area contributed by atoms with E-state index >= 15 is 0 Å². The van der Waals surface area contributed by atoms with E-state index in [1.54, 1.807) is 16.6 Å². The molecule has 2 aromatic rings. The molecule has 27 heavy (non-hydrogen) atoms. The van der Waals surface area contributed by atoms with E-state index in [1.807, 2.05) is 43.7 Å². The SMILES string of the molecule is CNC(=O)C[C@@H]1CN(C(=O)NCc2ccc(-c3cnn(C)c3)cc2)C[C@H]1O. The second-order valence-corrected chi connectivity index (χ2v) is 6.87. The van der Waals surface area contributed by atoms with Gasteiger partial charge in [0, 0.05) is 57.8 Å². The van der Waals surface area contributed by atoms with Gasteiger partial charge in [0.25, 0.3) is 0 Å². The molecule has 8 heteroatoms. The van der Waals surface area contributed by atoms with Crippen molar-refractivity contribution in [2.75, 3.05) is 20.1 Å². The molecule has 1 aromatic carbocycles. The molecule has 8 nitrogen and oxygen atoms in total. The van der Waals surface area contributed by atoms with E-state index in [0.29, 0.717) is 13.1 Å². The first-order valence-corrected chi connectivity index (χ1v) is 8.95. The lowest BCUT2D eigenvalue weighted by Gasteiger charge is -2.17. The Morgan fingerprint density at radius 2 is 1.96 bits per heavy atom. The van der Waals surface area contributed by atoms with Crippen LogP contribution in [-0.2, 0) is 18.4 Å². The van der Waals surface area contributed by atoms with Crippen molar-refractivity contribution in [3.8, 4) is 11.1 Å². The second kappa shape index (κ2) is 8.22. The van der Waals surface area contributed by atoms with Crippen molar-refractivity contribution in [2.24, 2.45) is 13.0 Å². The van der Waals surface area contributed by atoms with Crippen molar-refractivity contribution in [2.45, 2.75) is 19.1 Å². The van der Waals surface area contributed by atoms with Gasteiger partial charge in [0.1, 0.15) is 0 Å².